The van der Waals surface area contributed by atoms with Gasteiger partial charge < -0.3 is 5.32 Å². The van der Waals surface area contributed by atoms with Crippen LogP contribution in [0.1, 0.15) is 19.8 Å². The van der Waals surface area contributed by atoms with Gasteiger partial charge in [-0.3, -0.25) is 4.90 Å². The minimum Gasteiger partial charge on any atom is -0.353 e. The van der Waals surface area contributed by atoms with Gasteiger partial charge in [0.2, 0.25) is 5.95 Å². The van der Waals surface area contributed by atoms with E-state index in [1.165, 1.54) is 24.3 Å². The second-order valence-electron chi connectivity index (χ2n) is 6.08. The Balaban J connectivity index is 1.59. The summed E-state index contributed by atoms with van der Waals surface area (Å²) in [5.41, 5.74) is 1.96. The van der Waals surface area contributed by atoms with Crippen LogP contribution in [0.4, 0.5) is 5.95 Å². The van der Waals surface area contributed by atoms with Crippen LogP contribution < -0.4 is 5.32 Å². The van der Waals surface area contributed by atoms with E-state index in [9.17, 15) is 0 Å². The molecule has 1 aliphatic rings. The van der Waals surface area contributed by atoms with Gasteiger partial charge in [-0.05, 0) is 37.4 Å². The Morgan fingerprint density at radius 1 is 1.28 bits per heavy atom. The van der Waals surface area contributed by atoms with Gasteiger partial charge in [0.25, 0.3) is 0 Å². The lowest BCUT2D eigenvalue weighted by molar-refractivity contribution is 0.277. The van der Waals surface area contributed by atoms with E-state index in [-0.39, 0.29) is 0 Å². The van der Waals surface area contributed by atoms with Gasteiger partial charge in [-0.15, -0.1) is 22.7 Å². The summed E-state index contributed by atoms with van der Waals surface area (Å²) in [4.78, 5) is 17.5. The molecule has 25 heavy (non-hydrogen) atoms. The van der Waals surface area contributed by atoms with Gasteiger partial charge in [0, 0.05) is 40.8 Å². The largest absolute Gasteiger partial charge is 0.353 e. The van der Waals surface area contributed by atoms with E-state index < -0.39 is 0 Å². The van der Waals surface area contributed by atoms with Crippen LogP contribution in [0.2, 0.25) is 0 Å². The summed E-state index contributed by atoms with van der Waals surface area (Å²) in [7, 11) is 0. The van der Waals surface area contributed by atoms with Crippen molar-refractivity contribution in [3.63, 3.8) is 0 Å². The van der Waals surface area contributed by atoms with Gasteiger partial charge in [0.05, 0.1) is 0 Å². The zero-order valence-electron chi connectivity index (χ0n) is 14.2. The molecule has 1 fully saturated rings. The zero-order chi connectivity index (χ0) is 17.1. The van der Waals surface area contributed by atoms with E-state index >= 15 is 0 Å². The molecule has 0 amide bonds. The molecular formula is C18H21N5S2. The maximum absolute atomic E-state index is 4.80. The molecule has 1 aliphatic heterocycles. The van der Waals surface area contributed by atoms with Crippen molar-refractivity contribution in [1.29, 1.82) is 0 Å². The van der Waals surface area contributed by atoms with Crippen LogP contribution in [0.15, 0.2) is 35.3 Å². The fraction of sp³-hybridized carbons (Fsp3) is 0.389. The van der Waals surface area contributed by atoms with Crippen LogP contribution in [0, 0.1) is 0 Å². The smallest absolute Gasteiger partial charge is 0.223 e. The lowest BCUT2D eigenvalue weighted by atomic mass is 10.2. The number of likely N-dealkylation sites (tertiary alicyclic amines) is 1. The number of thiophene rings is 1. The van der Waals surface area contributed by atoms with Gasteiger partial charge in [0.1, 0.15) is 10.7 Å². The van der Waals surface area contributed by atoms with Crippen LogP contribution in [0.25, 0.3) is 21.1 Å². The lowest BCUT2D eigenvalue weighted by Gasteiger charge is -2.23. The Morgan fingerprint density at radius 3 is 3.00 bits per heavy atom. The molecule has 1 atom stereocenters. The monoisotopic (exact) mass is 371 g/mol. The highest BCUT2D eigenvalue weighted by Gasteiger charge is 2.23. The van der Waals surface area contributed by atoms with Crippen LogP contribution in [-0.2, 0) is 0 Å². The molecule has 1 saturated heterocycles. The number of thiazole rings is 1. The summed E-state index contributed by atoms with van der Waals surface area (Å²) >= 11 is 3.31. The molecule has 4 heterocycles. The predicted octanol–water partition coefficient (Wildman–Crippen LogP) is 4.22. The van der Waals surface area contributed by atoms with Crippen molar-refractivity contribution >= 4 is 28.6 Å². The van der Waals surface area contributed by atoms with Gasteiger partial charge in [0.15, 0.2) is 0 Å². The molecule has 0 spiro atoms. The van der Waals surface area contributed by atoms with Crippen molar-refractivity contribution in [2.45, 2.75) is 25.8 Å². The van der Waals surface area contributed by atoms with Gasteiger partial charge >= 0.3 is 0 Å². The Hall–Kier alpha value is -1.83. The zero-order valence-corrected chi connectivity index (χ0v) is 15.8. The van der Waals surface area contributed by atoms with E-state index in [0.29, 0.717) is 12.0 Å². The first-order valence-electron chi connectivity index (χ1n) is 8.64. The maximum atomic E-state index is 4.80. The minimum absolute atomic E-state index is 0.578. The quantitative estimate of drug-likeness (QED) is 0.703. The molecule has 0 aliphatic carbocycles. The van der Waals surface area contributed by atoms with Crippen LogP contribution in [-0.4, -0.2) is 45.5 Å². The Kier molecular flexibility index (Phi) is 5.05. The molecule has 0 saturated carbocycles. The number of hydrogen-bond acceptors (Lipinski definition) is 7. The maximum Gasteiger partial charge on any atom is 0.223 e. The summed E-state index contributed by atoms with van der Waals surface area (Å²) < 4.78 is 0. The summed E-state index contributed by atoms with van der Waals surface area (Å²) in [5.74, 6) is 0.688. The molecule has 0 radical (unpaired) electrons. The van der Waals surface area contributed by atoms with E-state index in [2.05, 4.69) is 44.6 Å². The van der Waals surface area contributed by atoms with Crippen molar-refractivity contribution in [3.8, 4) is 21.1 Å². The Bertz CT molecular complexity index is 801. The number of rotatable bonds is 6. The topological polar surface area (TPSA) is 53.9 Å². The molecule has 3 aromatic rings. The number of aromatic nitrogens is 3. The fourth-order valence-corrected chi connectivity index (χ4v) is 4.71. The van der Waals surface area contributed by atoms with E-state index in [1.54, 1.807) is 22.7 Å². The average Bonchev–Trinajstić information content (AvgIpc) is 3.42. The SMILES string of the molecule is CCN1CCCC1CNc1ncc(-c2cccs2)c(-c2nccs2)n1. The van der Waals surface area contributed by atoms with Gasteiger partial charge in [-0.2, -0.15) is 0 Å². The molecule has 0 aromatic carbocycles. The summed E-state index contributed by atoms with van der Waals surface area (Å²) in [5, 5.41) is 8.44. The molecule has 3 aromatic heterocycles. The van der Waals surface area contributed by atoms with Crippen molar-refractivity contribution < 1.29 is 0 Å². The highest BCUT2D eigenvalue weighted by molar-refractivity contribution is 7.14. The highest BCUT2D eigenvalue weighted by atomic mass is 32.1. The molecule has 4 rings (SSSR count). The molecule has 7 heteroatoms. The summed E-state index contributed by atoms with van der Waals surface area (Å²) in [6.07, 6.45) is 6.27. The summed E-state index contributed by atoms with van der Waals surface area (Å²) in [6.45, 7) is 5.43. The number of anilines is 1. The molecular weight excluding hydrogens is 350 g/mol. The lowest BCUT2D eigenvalue weighted by Crippen LogP contribution is -2.34. The first kappa shape index (κ1) is 16.6. The summed E-state index contributed by atoms with van der Waals surface area (Å²) in [6, 6.07) is 4.73. The molecule has 130 valence electrons. The van der Waals surface area contributed by atoms with E-state index in [4.69, 9.17) is 4.98 Å². The van der Waals surface area contributed by atoms with Crippen molar-refractivity contribution in [3.05, 3.63) is 35.3 Å². The van der Waals surface area contributed by atoms with Gasteiger partial charge in [-0.1, -0.05) is 13.0 Å². The molecule has 1 unspecified atom stereocenters. The normalized spacial score (nSPS) is 17.9. The number of likely N-dealkylation sites (N-methyl/N-ethyl adjacent to an activating group) is 1. The van der Waals surface area contributed by atoms with Gasteiger partial charge in [-0.25, -0.2) is 15.0 Å². The Labute approximate surface area is 155 Å². The molecule has 0 bridgehead atoms. The average molecular weight is 372 g/mol. The van der Waals surface area contributed by atoms with Crippen molar-refractivity contribution in [1.82, 2.24) is 19.9 Å². The van der Waals surface area contributed by atoms with Crippen molar-refractivity contribution in [2.75, 3.05) is 25.0 Å². The molecule has 5 nitrogen and oxygen atoms in total. The first-order chi connectivity index (χ1) is 12.3. The third-order valence-electron chi connectivity index (χ3n) is 4.61. The van der Waals surface area contributed by atoms with Crippen LogP contribution >= 0.6 is 22.7 Å². The number of hydrogen-bond donors (Lipinski definition) is 1. The second kappa shape index (κ2) is 7.59. The number of nitrogens with zero attached hydrogens (tertiary/aromatic N) is 4. The first-order valence-corrected chi connectivity index (χ1v) is 10.4. The Morgan fingerprint density at radius 2 is 2.24 bits per heavy atom. The van der Waals surface area contributed by atoms with Crippen LogP contribution in [0.5, 0.6) is 0 Å². The predicted molar refractivity (Wildman–Crippen MR) is 105 cm³/mol. The fourth-order valence-electron chi connectivity index (χ4n) is 3.33. The standard InChI is InChI=1S/C18H21N5S2/c1-2-23-8-3-5-13(23)11-20-18-21-12-14(15-6-4-9-24-15)16(22-18)17-19-7-10-25-17/h4,6-7,9-10,12-13H,2-3,5,8,11H2,1H3,(H,20,21,22). The van der Waals surface area contributed by atoms with Crippen LogP contribution in [0.3, 0.4) is 0 Å². The minimum atomic E-state index is 0.578. The highest BCUT2D eigenvalue weighted by Crippen LogP contribution is 2.34. The van der Waals surface area contributed by atoms with E-state index in [0.717, 1.165) is 29.4 Å². The second-order valence-corrected chi connectivity index (χ2v) is 7.92. The van der Waals surface area contributed by atoms with Crippen molar-refractivity contribution in [2.24, 2.45) is 0 Å². The van der Waals surface area contributed by atoms with E-state index in [1.807, 2.05) is 17.8 Å². The number of nitrogens with one attached hydrogen (secondary N) is 1. The third-order valence-corrected chi connectivity index (χ3v) is 6.29. The molecule has 1 N–H and O–H groups in total. The third kappa shape index (κ3) is 3.58.